The molecule has 0 N–H and O–H groups in total. The Balaban J connectivity index is 0. The molecule has 2 atom stereocenters. The molecule has 0 aliphatic rings. The number of hydrogen-bond acceptors (Lipinski definition) is 5. The predicted octanol–water partition coefficient (Wildman–Crippen LogP) is 1.03. The van der Waals surface area contributed by atoms with E-state index in [2.05, 4.69) is 23.4 Å². The molecule has 0 saturated carbocycles. The van der Waals surface area contributed by atoms with Gasteiger partial charge in [-0.3, -0.25) is 0 Å². The average Bonchev–Trinajstić information content (AvgIpc) is 2.03. The summed E-state index contributed by atoms with van der Waals surface area (Å²) < 4.78 is 21.6. The quantitative estimate of drug-likeness (QED) is 0.512. The Morgan fingerprint density at radius 1 is 1.07 bits per heavy atom. The van der Waals surface area contributed by atoms with E-state index in [9.17, 15) is 18.9 Å². The van der Waals surface area contributed by atoms with E-state index in [0.29, 0.717) is 0 Å². The van der Waals surface area contributed by atoms with Crippen LogP contribution >= 0.6 is 16.5 Å². The largest absolute Gasteiger partial charge is 2.00 e. The monoisotopic (exact) mass is 436 g/mol. The third-order valence-corrected chi connectivity index (χ3v) is 2.14. The fourth-order valence-electron chi connectivity index (χ4n) is 0.589. The average molecular weight is 435 g/mol. The molecule has 1 rings (SSSR count). The molecule has 76 valence electrons. The topological polar surface area (TPSA) is 89.5 Å². The van der Waals surface area contributed by atoms with Gasteiger partial charge in [-0.25, -0.2) is 0 Å². The summed E-state index contributed by atoms with van der Waals surface area (Å²) in [5.74, 6) is 0. The first-order chi connectivity index (χ1) is 6.52. The van der Waals surface area contributed by atoms with Crippen LogP contribution in [0.25, 0.3) is 0 Å². The van der Waals surface area contributed by atoms with Gasteiger partial charge in [0.05, 0.1) is 0 Å². The van der Waals surface area contributed by atoms with E-state index < -0.39 is 16.5 Å². The van der Waals surface area contributed by atoms with Crippen LogP contribution in [0.4, 0.5) is 0 Å². The maximum atomic E-state index is 9.24. The normalized spacial score (nSPS) is 10.3. The molecule has 0 saturated heterocycles. The molecule has 0 spiro atoms. The minimum absolute atomic E-state index is 0. The SMILES string of the molecule is Cc1ccccc1.O=[P+]([O-])O[P+](=O)[O-].[Hg+2]. The molecule has 1 aromatic carbocycles. The van der Waals surface area contributed by atoms with Gasteiger partial charge in [-0.1, -0.05) is 35.9 Å². The molecule has 0 aliphatic heterocycles. The zero-order chi connectivity index (χ0) is 11.0. The maximum Gasteiger partial charge on any atom is 2.00 e. The second-order valence-electron chi connectivity index (χ2n) is 2.18. The standard InChI is InChI=1S/C7H8.Hg.O5P2/c1-7-5-3-2-4-6-7;;1-6(2)5-7(3)4/h2-6H,1H3;;/q;+2;. The molecular weight excluding hydrogens is 427 g/mol. The summed E-state index contributed by atoms with van der Waals surface area (Å²) in [7, 11) is -6.47. The van der Waals surface area contributed by atoms with Gasteiger partial charge in [0.2, 0.25) is 0 Å². The molecular formula is C7H8HgO5P2+2. The van der Waals surface area contributed by atoms with E-state index in [-0.39, 0.29) is 27.7 Å². The van der Waals surface area contributed by atoms with Crippen LogP contribution in [-0.4, -0.2) is 0 Å². The zero-order valence-electron chi connectivity index (χ0n) is 8.03. The van der Waals surface area contributed by atoms with Crippen molar-refractivity contribution in [2.75, 3.05) is 0 Å². The Bertz CT molecular complexity index is 294. The molecule has 0 radical (unpaired) electrons. The van der Waals surface area contributed by atoms with E-state index >= 15 is 0 Å². The van der Waals surface area contributed by atoms with Crippen LogP contribution in [0.15, 0.2) is 30.3 Å². The summed E-state index contributed by atoms with van der Waals surface area (Å²) in [4.78, 5) is 18.5. The van der Waals surface area contributed by atoms with E-state index in [1.165, 1.54) is 5.56 Å². The minimum atomic E-state index is -3.24. The Hall–Kier alpha value is 0.235. The van der Waals surface area contributed by atoms with E-state index in [1.807, 2.05) is 18.2 Å². The molecule has 0 aromatic heterocycles. The molecule has 0 aliphatic carbocycles. The van der Waals surface area contributed by atoms with Gasteiger partial charge < -0.3 is 9.79 Å². The molecule has 0 amide bonds. The minimum Gasteiger partial charge on any atom is -0.563 e. The van der Waals surface area contributed by atoms with Gasteiger partial charge in [-0.15, -0.1) is 0 Å². The first-order valence-electron chi connectivity index (χ1n) is 3.51. The summed E-state index contributed by atoms with van der Waals surface area (Å²) in [5, 5.41) is 0. The third-order valence-electron chi connectivity index (χ3n) is 1.07. The fourth-order valence-corrected chi connectivity index (χ4v) is 1.02. The molecule has 0 fully saturated rings. The van der Waals surface area contributed by atoms with Crippen LogP contribution in [0.5, 0.6) is 0 Å². The Morgan fingerprint density at radius 2 is 1.47 bits per heavy atom. The van der Waals surface area contributed by atoms with Crippen molar-refractivity contribution >= 4 is 16.5 Å². The van der Waals surface area contributed by atoms with Crippen molar-refractivity contribution in [1.29, 1.82) is 0 Å². The van der Waals surface area contributed by atoms with Gasteiger partial charge in [0.1, 0.15) is 4.31 Å². The maximum absolute atomic E-state index is 9.24. The van der Waals surface area contributed by atoms with Gasteiger partial charge in [0.15, 0.2) is 0 Å². The van der Waals surface area contributed by atoms with Crippen LogP contribution in [0, 0.1) is 6.92 Å². The molecule has 0 bridgehead atoms. The second kappa shape index (κ2) is 10.7. The first kappa shape index (κ1) is 17.6. The molecule has 2 unspecified atom stereocenters. The van der Waals surface area contributed by atoms with E-state index in [0.717, 1.165) is 0 Å². The molecule has 8 heteroatoms. The van der Waals surface area contributed by atoms with Crippen molar-refractivity contribution in [1.82, 2.24) is 0 Å². The molecule has 5 nitrogen and oxygen atoms in total. The number of hydrogen-bond donors (Lipinski definition) is 0. The molecule has 15 heavy (non-hydrogen) atoms. The summed E-state index contributed by atoms with van der Waals surface area (Å²) in [6, 6.07) is 10.3. The number of rotatable bonds is 2. The van der Waals surface area contributed by atoms with Crippen LogP contribution in [0.2, 0.25) is 0 Å². The second-order valence-corrected chi connectivity index (χ2v) is 3.73. The van der Waals surface area contributed by atoms with Crippen molar-refractivity contribution in [3.8, 4) is 0 Å². The summed E-state index contributed by atoms with van der Waals surface area (Å²) >= 11 is 0. The van der Waals surface area contributed by atoms with E-state index in [4.69, 9.17) is 0 Å². The smallest absolute Gasteiger partial charge is 0.563 e. The van der Waals surface area contributed by atoms with Crippen LogP contribution in [0.3, 0.4) is 0 Å². The van der Waals surface area contributed by atoms with Crippen molar-refractivity contribution in [2.24, 2.45) is 0 Å². The molecule has 1 aromatic rings. The van der Waals surface area contributed by atoms with Crippen LogP contribution in [0.1, 0.15) is 5.56 Å². The van der Waals surface area contributed by atoms with Crippen LogP contribution < -0.4 is 9.79 Å². The zero-order valence-corrected chi connectivity index (χ0v) is 15.3. The van der Waals surface area contributed by atoms with E-state index in [1.54, 1.807) is 0 Å². The van der Waals surface area contributed by atoms with Gasteiger partial charge in [-0.05, 0) is 16.1 Å². The van der Waals surface area contributed by atoms with Gasteiger partial charge in [-0.2, -0.15) is 0 Å². The van der Waals surface area contributed by atoms with Crippen molar-refractivity contribution in [3.63, 3.8) is 0 Å². The van der Waals surface area contributed by atoms with Gasteiger partial charge in [0, 0.05) is 0 Å². The van der Waals surface area contributed by atoms with Gasteiger partial charge in [0.25, 0.3) is 0 Å². The summed E-state index contributed by atoms with van der Waals surface area (Å²) in [5.41, 5.74) is 1.32. The number of benzene rings is 1. The number of aryl methyl sites for hydroxylation is 1. The van der Waals surface area contributed by atoms with Gasteiger partial charge >= 0.3 is 44.2 Å². The molecule has 0 heterocycles. The summed E-state index contributed by atoms with van der Waals surface area (Å²) in [6.45, 7) is 2.08. The van der Waals surface area contributed by atoms with Crippen LogP contribution in [-0.2, 0) is 41.1 Å². The van der Waals surface area contributed by atoms with Crippen molar-refractivity contribution in [2.45, 2.75) is 6.92 Å². The summed E-state index contributed by atoms with van der Waals surface area (Å²) in [6.07, 6.45) is 0. The fraction of sp³-hybridized carbons (Fsp3) is 0.143. The Labute approximate surface area is 110 Å². The predicted molar refractivity (Wildman–Crippen MR) is 47.5 cm³/mol. The third kappa shape index (κ3) is 14.2. The van der Waals surface area contributed by atoms with Crippen molar-refractivity contribution in [3.05, 3.63) is 35.9 Å². The van der Waals surface area contributed by atoms with Crippen molar-refractivity contribution < 1.29 is 50.9 Å². The first-order valence-corrected chi connectivity index (χ1v) is 5.70. The Kier molecular flexibility index (Phi) is 12.6. The Morgan fingerprint density at radius 3 is 1.60 bits per heavy atom.